The highest BCUT2D eigenvalue weighted by atomic mass is 16.5. The lowest BCUT2D eigenvalue weighted by Crippen LogP contribution is -2.30. The van der Waals surface area contributed by atoms with E-state index in [9.17, 15) is 9.59 Å². The smallest absolute Gasteiger partial charge is 0.338 e. The molecule has 0 aliphatic rings. The van der Waals surface area contributed by atoms with E-state index in [0.29, 0.717) is 22.6 Å². The third-order valence-corrected chi connectivity index (χ3v) is 4.62. The number of aromatic amines is 1. The quantitative estimate of drug-likeness (QED) is 0.491. The van der Waals surface area contributed by atoms with Gasteiger partial charge >= 0.3 is 5.97 Å². The maximum atomic E-state index is 12.5. The van der Waals surface area contributed by atoms with Crippen LogP contribution in [0.1, 0.15) is 22.8 Å². The van der Waals surface area contributed by atoms with E-state index in [-0.39, 0.29) is 0 Å². The van der Waals surface area contributed by atoms with Gasteiger partial charge in [0, 0.05) is 23.6 Å². The lowest BCUT2D eigenvalue weighted by Gasteiger charge is -2.13. The Hall–Kier alpha value is -4.00. The van der Waals surface area contributed by atoms with Gasteiger partial charge in [0.25, 0.3) is 5.91 Å². The predicted molar refractivity (Wildman–Crippen MR) is 114 cm³/mol. The average molecular weight is 400 g/mol. The zero-order valence-corrected chi connectivity index (χ0v) is 16.5. The van der Waals surface area contributed by atoms with E-state index in [4.69, 9.17) is 4.74 Å². The van der Waals surface area contributed by atoms with Crippen molar-refractivity contribution in [1.82, 2.24) is 15.0 Å². The number of amides is 1. The van der Waals surface area contributed by atoms with E-state index in [0.717, 1.165) is 16.6 Å². The summed E-state index contributed by atoms with van der Waals surface area (Å²) in [7, 11) is 0. The molecule has 0 saturated heterocycles. The molecule has 0 aliphatic heterocycles. The molecular weight excluding hydrogens is 380 g/mol. The van der Waals surface area contributed by atoms with Crippen molar-refractivity contribution in [1.29, 1.82) is 0 Å². The number of hydrogen-bond acceptors (Lipinski definition) is 5. The number of pyridine rings is 1. The number of aromatic nitrogens is 3. The van der Waals surface area contributed by atoms with Gasteiger partial charge < -0.3 is 15.0 Å². The van der Waals surface area contributed by atoms with E-state index < -0.39 is 18.0 Å². The van der Waals surface area contributed by atoms with Gasteiger partial charge in [0.05, 0.1) is 16.6 Å². The number of hydrogen-bond donors (Lipinski definition) is 2. The molecule has 1 unspecified atom stereocenters. The summed E-state index contributed by atoms with van der Waals surface area (Å²) in [6, 6.07) is 16.1. The number of imidazole rings is 1. The largest absolute Gasteiger partial charge is 0.449 e. The number of nitrogens with one attached hydrogen (secondary N) is 2. The summed E-state index contributed by atoms with van der Waals surface area (Å²) >= 11 is 0. The molecule has 0 fully saturated rings. The molecule has 4 rings (SSSR count). The van der Waals surface area contributed by atoms with Crippen LogP contribution in [-0.4, -0.2) is 32.9 Å². The average Bonchev–Trinajstić information content (AvgIpc) is 3.19. The molecule has 1 amide bonds. The molecule has 0 spiro atoms. The summed E-state index contributed by atoms with van der Waals surface area (Å²) in [5.74, 6) is -0.316. The second kappa shape index (κ2) is 8.16. The first-order valence-electron chi connectivity index (χ1n) is 9.48. The Morgan fingerprint density at radius 2 is 1.90 bits per heavy atom. The Kier molecular flexibility index (Phi) is 5.26. The highest BCUT2D eigenvalue weighted by Crippen LogP contribution is 2.21. The van der Waals surface area contributed by atoms with Gasteiger partial charge in [-0.2, -0.15) is 0 Å². The molecule has 0 bridgehead atoms. The molecule has 7 heteroatoms. The third-order valence-electron chi connectivity index (χ3n) is 4.62. The Morgan fingerprint density at radius 3 is 2.63 bits per heavy atom. The van der Waals surface area contributed by atoms with Gasteiger partial charge in [-0.25, -0.2) is 9.78 Å². The fraction of sp³-hybridized carbons (Fsp3) is 0.130. The number of esters is 1. The SMILES string of the molecule is Cc1ccc(NC(=O)C(C)OC(=O)c2ccc3nc(-c4cccnc4)[nH]c3c2)cc1. The minimum Gasteiger partial charge on any atom is -0.449 e. The van der Waals surface area contributed by atoms with Crippen molar-refractivity contribution in [3.8, 4) is 11.4 Å². The molecule has 2 heterocycles. The number of fused-ring (bicyclic) bond motifs is 1. The second-order valence-corrected chi connectivity index (χ2v) is 6.96. The van der Waals surface area contributed by atoms with Crippen LogP contribution >= 0.6 is 0 Å². The molecule has 0 aliphatic carbocycles. The zero-order valence-electron chi connectivity index (χ0n) is 16.5. The predicted octanol–water partition coefficient (Wildman–Crippen LogP) is 4.12. The van der Waals surface area contributed by atoms with Crippen molar-refractivity contribution in [2.45, 2.75) is 20.0 Å². The van der Waals surface area contributed by atoms with Gasteiger partial charge in [-0.1, -0.05) is 17.7 Å². The monoisotopic (exact) mass is 400 g/mol. The van der Waals surface area contributed by atoms with E-state index >= 15 is 0 Å². The van der Waals surface area contributed by atoms with Crippen LogP contribution in [0, 0.1) is 6.92 Å². The Balaban J connectivity index is 1.45. The van der Waals surface area contributed by atoms with Crippen LogP contribution in [0.5, 0.6) is 0 Å². The van der Waals surface area contributed by atoms with E-state index in [1.807, 2.05) is 31.2 Å². The lowest BCUT2D eigenvalue weighted by atomic mass is 10.2. The summed E-state index contributed by atoms with van der Waals surface area (Å²) in [5.41, 5.74) is 4.33. The van der Waals surface area contributed by atoms with Crippen molar-refractivity contribution in [2.24, 2.45) is 0 Å². The van der Waals surface area contributed by atoms with Gasteiger partial charge in [-0.15, -0.1) is 0 Å². The van der Waals surface area contributed by atoms with Gasteiger partial charge in [0.1, 0.15) is 5.82 Å². The molecule has 2 aromatic carbocycles. The van der Waals surface area contributed by atoms with Crippen molar-refractivity contribution in [3.05, 3.63) is 78.1 Å². The molecule has 4 aromatic rings. The van der Waals surface area contributed by atoms with Crippen molar-refractivity contribution in [3.63, 3.8) is 0 Å². The number of benzene rings is 2. The number of anilines is 1. The molecular formula is C23H20N4O3. The molecule has 2 aromatic heterocycles. The minimum atomic E-state index is -0.942. The summed E-state index contributed by atoms with van der Waals surface area (Å²) in [4.78, 5) is 36.6. The van der Waals surface area contributed by atoms with Crippen LogP contribution in [0.25, 0.3) is 22.4 Å². The van der Waals surface area contributed by atoms with E-state index in [1.54, 1.807) is 42.7 Å². The molecule has 2 N–H and O–H groups in total. The lowest BCUT2D eigenvalue weighted by molar-refractivity contribution is -0.123. The zero-order chi connectivity index (χ0) is 21.1. The molecule has 7 nitrogen and oxygen atoms in total. The highest BCUT2D eigenvalue weighted by molar-refractivity contribution is 5.98. The second-order valence-electron chi connectivity index (χ2n) is 6.96. The summed E-state index contributed by atoms with van der Waals surface area (Å²) in [5, 5.41) is 2.74. The number of carbonyl (C=O) groups is 2. The highest BCUT2D eigenvalue weighted by Gasteiger charge is 2.20. The Labute approximate surface area is 173 Å². The Bertz CT molecular complexity index is 1200. The van der Waals surface area contributed by atoms with Gasteiger partial charge in [0.2, 0.25) is 0 Å². The first kappa shape index (κ1) is 19.3. The van der Waals surface area contributed by atoms with Crippen molar-refractivity contribution in [2.75, 3.05) is 5.32 Å². The van der Waals surface area contributed by atoms with E-state index in [2.05, 4.69) is 20.3 Å². The topological polar surface area (TPSA) is 97.0 Å². The normalized spacial score (nSPS) is 11.8. The number of aryl methyl sites for hydroxylation is 1. The van der Waals surface area contributed by atoms with Crippen LogP contribution < -0.4 is 5.32 Å². The van der Waals surface area contributed by atoms with Gasteiger partial charge in [-0.05, 0) is 56.3 Å². The van der Waals surface area contributed by atoms with Crippen LogP contribution in [0.15, 0.2) is 67.0 Å². The van der Waals surface area contributed by atoms with Crippen LogP contribution in [0.2, 0.25) is 0 Å². The maximum Gasteiger partial charge on any atom is 0.338 e. The van der Waals surface area contributed by atoms with E-state index in [1.165, 1.54) is 6.92 Å². The number of nitrogens with zero attached hydrogens (tertiary/aromatic N) is 2. The number of H-pyrrole nitrogens is 1. The molecule has 0 saturated carbocycles. The van der Waals surface area contributed by atoms with Crippen molar-refractivity contribution >= 4 is 28.6 Å². The molecule has 150 valence electrons. The third kappa shape index (κ3) is 4.20. The number of ether oxygens (including phenoxy) is 1. The number of rotatable bonds is 5. The van der Waals surface area contributed by atoms with Crippen LogP contribution in [-0.2, 0) is 9.53 Å². The Morgan fingerprint density at radius 1 is 1.10 bits per heavy atom. The number of carbonyl (C=O) groups excluding carboxylic acids is 2. The minimum absolute atomic E-state index is 0.332. The van der Waals surface area contributed by atoms with Crippen LogP contribution in [0.4, 0.5) is 5.69 Å². The van der Waals surface area contributed by atoms with Gasteiger partial charge in [0.15, 0.2) is 6.10 Å². The summed E-state index contributed by atoms with van der Waals surface area (Å²) < 4.78 is 5.34. The molecule has 1 atom stereocenters. The maximum absolute atomic E-state index is 12.5. The fourth-order valence-electron chi connectivity index (χ4n) is 2.94. The van der Waals surface area contributed by atoms with Crippen LogP contribution in [0.3, 0.4) is 0 Å². The summed E-state index contributed by atoms with van der Waals surface area (Å²) in [6.07, 6.45) is 2.46. The first-order valence-corrected chi connectivity index (χ1v) is 9.48. The summed E-state index contributed by atoms with van der Waals surface area (Å²) in [6.45, 7) is 3.50. The first-order chi connectivity index (χ1) is 14.5. The van der Waals surface area contributed by atoms with Crippen molar-refractivity contribution < 1.29 is 14.3 Å². The molecule has 0 radical (unpaired) electrons. The molecule has 30 heavy (non-hydrogen) atoms. The fourth-order valence-corrected chi connectivity index (χ4v) is 2.94. The standard InChI is InChI=1S/C23H20N4O3/c1-14-5-8-18(9-6-14)25-22(28)15(2)30-23(29)16-7-10-19-20(12-16)27-21(26-19)17-4-3-11-24-13-17/h3-13,15H,1-2H3,(H,25,28)(H,26,27). The van der Waals surface area contributed by atoms with Gasteiger partial charge in [-0.3, -0.25) is 9.78 Å².